The van der Waals surface area contributed by atoms with E-state index in [1.807, 2.05) is 0 Å². The number of nitriles is 1. The van der Waals surface area contributed by atoms with Crippen LogP contribution >= 0.6 is 0 Å². The Hall–Kier alpha value is -1.82. The molecule has 0 saturated heterocycles. The molecule has 3 heteroatoms. The van der Waals surface area contributed by atoms with Crippen molar-refractivity contribution in [2.75, 3.05) is 0 Å². The summed E-state index contributed by atoms with van der Waals surface area (Å²) in [5.74, 6) is -1.55. The summed E-state index contributed by atoms with van der Waals surface area (Å²) in [4.78, 5) is 10.7. The van der Waals surface area contributed by atoms with Gasteiger partial charge in [-0.1, -0.05) is 6.04 Å². The summed E-state index contributed by atoms with van der Waals surface area (Å²) in [7, 11) is 0. The van der Waals surface area contributed by atoms with Crippen molar-refractivity contribution in [2.45, 2.75) is 0 Å². The minimum absolute atomic E-state index is 0.492. The number of carbonyl (C=O) groups is 1. The predicted octanol–water partition coefficient (Wildman–Crippen LogP) is 1.26. The Morgan fingerprint density at radius 1 is 1.73 bits per heavy atom. The molecule has 0 fully saturated rings. The topological polar surface area (TPSA) is 61.1 Å². The number of hydrogen-bond donors (Lipinski definition) is 1. The SMILES string of the molecule is [2H]c1c([2H])c(C#N)c([2H])c(C(=O)O)c1[2H]. The van der Waals surface area contributed by atoms with Gasteiger partial charge in [-0.3, -0.25) is 0 Å². The molecule has 0 aromatic heterocycles. The van der Waals surface area contributed by atoms with E-state index < -0.39 is 41.3 Å². The second-order valence-corrected chi connectivity index (χ2v) is 1.67. The van der Waals surface area contributed by atoms with Gasteiger partial charge < -0.3 is 5.11 Å². The fourth-order valence-electron chi connectivity index (χ4n) is 0.507. The Morgan fingerprint density at radius 3 is 3.00 bits per heavy atom. The second-order valence-electron chi connectivity index (χ2n) is 1.67. The monoisotopic (exact) mass is 151 g/mol. The van der Waals surface area contributed by atoms with E-state index in [0.29, 0.717) is 0 Å². The number of rotatable bonds is 1. The first kappa shape index (κ1) is 3.54. The molecule has 54 valence electrons. The fraction of sp³-hybridized carbons (Fsp3) is 0. The van der Waals surface area contributed by atoms with Crippen molar-refractivity contribution in [1.82, 2.24) is 0 Å². The maximum atomic E-state index is 10.7. The Kier molecular flexibility index (Phi) is 0.914. The van der Waals surface area contributed by atoms with Crippen molar-refractivity contribution in [3.05, 3.63) is 35.3 Å². The molecule has 3 nitrogen and oxygen atoms in total. The molecule has 0 saturated carbocycles. The van der Waals surface area contributed by atoms with Gasteiger partial charge in [-0.2, -0.15) is 5.26 Å². The van der Waals surface area contributed by atoms with E-state index in [2.05, 4.69) is 0 Å². The fourth-order valence-corrected chi connectivity index (χ4v) is 0.507. The van der Waals surface area contributed by atoms with E-state index in [1.165, 1.54) is 6.07 Å². The van der Waals surface area contributed by atoms with Crippen LogP contribution in [0.5, 0.6) is 0 Å². The molecule has 0 unspecified atom stereocenters. The number of hydrogen-bond acceptors (Lipinski definition) is 2. The zero-order valence-electron chi connectivity index (χ0n) is 9.30. The van der Waals surface area contributed by atoms with E-state index in [1.54, 1.807) is 0 Å². The molecule has 1 aromatic rings. The summed E-state index contributed by atoms with van der Waals surface area (Å²) in [5.41, 5.74) is -1.21. The van der Waals surface area contributed by atoms with E-state index >= 15 is 0 Å². The average molecular weight is 151 g/mol. The summed E-state index contributed by atoms with van der Waals surface area (Å²) < 4.78 is 29.1. The van der Waals surface area contributed by atoms with Gasteiger partial charge in [0.1, 0.15) is 0 Å². The van der Waals surface area contributed by atoms with Gasteiger partial charge in [0.2, 0.25) is 0 Å². The van der Waals surface area contributed by atoms with Crippen molar-refractivity contribution in [1.29, 1.82) is 5.26 Å². The minimum atomic E-state index is -1.55. The molecule has 0 atom stereocenters. The van der Waals surface area contributed by atoms with E-state index in [4.69, 9.17) is 15.9 Å². The van der Waals surface area contributed by atoms with Gasteiger partial charge in [-0.15, -0.1) is 0 Å². The lowest BCUT2D eigenvalue weighted by Crippen LogP contribution is -1.95. The lowest BCUT2D eigenvalue weighted by molar-refractivity contribution is 0.0697. The molecular formula is C8H5NO2. The molecule has 1 aromatic carbocycles. The summed E-state index contributed by atoms with van der Waals surface area (Å²) in [5, 5.41) is 17.3. The largest absolute Gasteiger partial charge is 0.478 e. The number of carboxylic acids is 1. The van der Waals surface area contributed by atoms with Gasteiger partial charge >= 0.3 is 5.97 Å². The first-order chi connectivity index (χ1) is 6.91. The molecular weight excluding hydrogens is 142 g/mol. The molecule has 0 spiro atoms. The second kappa shape index (κ2) is 2.84. The highest BCUT2D eigenvalue weighted by Crippen LogP contribution is 2.02. The van der Waals surface area contributed by atoms with Crippen molar-refractivity contribution >= 4 is 5.97 Å². The van der Waals surface area contributed by atoms with Crippen molar-refractivity contribution in [3.8, 4) is 6.07 Å². The molecule has 0 bridgehead atoms. The molecule has 0 aliphatic carbocycles. The zero-order valence-corrected chi connectivity index (χ0v) is 5.30. The van der Waals surface area contributed by atoms with Gasteiger partial charge in [0.05, 0.1) is 22.7 Å². The number of aromatic carboxylic acids is 1. The third kappa shape index (κ3) is 1.55. The van der Waals surface area contributed by atoms with Gasteiger partial charge in [-0.05, 0) is 18.1 Å². The summed E-state index contributed by atoms with van der Waals surface area (Å²) in [6.45, 7) is 0. The van der Waals surface area contributed by atoms with Crippen molar-refractivity contribution in [3.63, 3.8) is 0 Å². The van der Waals surface area contributed by atoms with Gasteiger partial charge in [0, 0.05) is 0 Å². The van der Waals surface area contributed by atoms with Crippen molar-refractivity contribution < 1.29 is 15.4 Å². The number of carboxylic acid groups (broad SMARTS) is 1. The normalized spacial score (nSPS) is 13.7. The Morgan fingerprint density at radius 2 is 2.45 bits per heavy atom. The highest BCUT2D eigenvalue weighted by Gasteiger charge is 2.01. The lowest BCUT2D eigenvalue weighted by atomic mass is 10.1. The first-order valence-electron chi connectivity index (χ1n) is 4.65. The van der Waals surface area contributed by atoms with Gasteiger partial charge in [-0.25, -0.2) is 4.79 Å². The van der Waals surface area contributed by atoms with E-state index in [9.17, 15) is 4.79 Å². The third-order valence-corrected chi connectivity index (χ3v) is 0.951. The number of nitrogens with zero attached hydrogens (tertiary/aromatic N) is 1. The maximum absolute atomic E-state index is 10.7. The molecule has 11 heavy (non-hydrogen) atoms. The minimum Gasteiger partial charge on any atom is -0.478 e. The van der Waals surface area contributed by atoms with Gasteiger partial charge in [0.15, 0.2) is 0 Å². The predicted molar refractivity (Wildman–Crippen MR) is 38.1 cm³/mol. The van der Waals surface area contributed by atoms with Crippen LogP contribution in [0, 0.1) is 11.3 Å². The van der Waals surface area contributed by atoms with Crippen LogP contribution in [0.2, 0.25) is 0 Å². The van der Waals surface area contributed by atoms with Crippen LogP contribution in [0.4, 0.5) is 0 Å². The quantitative estimate of drug-likeness (QED) is 0.657. The van der Waals surface area contributed by atoms with Crippen LogP contribution in [0.15, 0.2) is 24.2 Å². The smallest absolute Gasteiger partial charge is 0.335 e. The Labute approximate surface area is 69.1 Å². The summed E-state index contributed by atoms with van der Waals surface area (Å²) in [6.07, 6.45) is 0. The molecule has 0 heterocycles. The average Bonchev–Trinajstić information content (AvgIpc) is 2.15. The van der Waals surface area contributed by atoms with E-state index in [0.717, 1.165) is 0 Å². The van der Waals surface area contributed by atoms with E-state index in [-0.39, 0.29) is 0 Å². The summed E-state index contributed by atoms with van der Waals surface area (Å²) in [6, 6.07) is -1.15. The Bertz CT molecular complexity index is 493. The number of benzene rings is 1. The maximum Gasteiger partial charge on any atom is 0.335 e. The highest BCUT2D eigenvalue weighted by molar-refractivity contribution is 5.87. The van der Waals surface area contributed by atoms with Crippen LogP contribution in [-0.4, -0.2) is 11.1 Å². The Balaban J connectivity index is 3.78. The van der Waals surface area contributed by atoms with Crippen LogP contribution in [0.3, 0.4) is 0 Å². The van der Waals surface area contributed by atoms with Crippen LogP contribution in [-0.2, 0) is 0 Å². The van der Waals surface area contributed by atoms with Crippen LogP contribution in [0.1, 0.15) is 21.4 Å². The van der Waals surface area contributed by atoms with Crippen molar-refractivity contribution in [2.24, 2.45) is 0 Å². The molecule has 0 aliphatic heterocycles. The third-order valence-electron chi connectivity index (χ3n) is 0.951. The van der Waals surface area contributed by atoms with Gasteiger partial charge in [0.25, 0.3) is 0 Å². The summed E-state index contributed by atoms with van der Waals surface area (Å²) >= 11 is 0. The molecule has 0 radical (unpaired) electrons. The first-order valence-corrected chi connectivity index (χ1v) is 2.65. The standard InChI is InChI=1S/C8H5NO2/c9-5-6-2-1-3-7(4-6)8(10)11/h1-4H,(H,10,11)/i1D,2D,3D,4D. The van der Waals surface area contributed by atoms with Crippen LogP contribution in [0.25, 0.3) is 0 Å². The lowest BCUT2D eigenvalue weighted by Gasteiger charge is -1.91. The molecule has 0 aliphatic rings. The molecule has 0 amide bonds. The molecule has 1 rings (SSSR count). The highest BCUT2D eigenvalue weighted by atomic mass is 16.4. The molecule has 1 N–H and O–H groups in total. The zero-order chi connectivity index (χ0) is 11.7. The van der Waals surface area contributed by atoms with Crippen LogP contribution < -0.4 is 0 Å².